The highest BCUT2D eigenvalue weighted by Crippen LogP contribution is 2.27. The molecule has 0 atom stereocenters. The molecule has 7 heteroatoms. The summed E-state index contributed by atoms with van der Waals surface area (Å²) in [5.74, 6) is 0.278. The van der Waals surface area contributed by atoms with Crippen LogP contribution >= 0.6 is 0 Å². The van der Waals surface area contributed by atoms with Gasteiger partial charge in [0.25, 0.3) is 5.91 Å². The van der Waals surface area contributed by atoms with Crippen molar-refractivity contribution in [2.75, 3.05) is 31.1 Å². The van der Waals surface area contributed by atoms with Gasteiger partial charge in [0.2, 0.25) is 5.88 Å². The summed E-state index contributed by atoms with van der Waals surface area (Å²) in [4.78, 5) is 19.0. The van der Waals surface area contributed by atoms with Gasteiger partial charge in [0.05, 0.1) is 5.39 Å². The Morgan fingerprint density at radius 3 is 2.69 bits per heavy atom. The molecule has 0 radical (unpaired) electrons. The highest BCUT2D eigenvalue weighted by molar-refractivity contribution is 5.85. The lowest BCUT2D eigenvalue weighted by Gasteiger charge is -2.25. The van der Waals surface area contributed by atoms with Crippen LogP contribution in [-0.2, 0) is 11.8 Å². The van der Waals surface area contributed by atoms with E-state index in [9.17, 15) is 4.79 Å². The largest absolute Gasteiger partial charge is 0.466 e. The van der Waals surface area contributed by atoms with Crippen LogP contribution in [0, 0.1) is 20.8 Å². The Morgan fingerprint density at radius 2 is 1.97 bits per heavy atom. The monoisotopic (exact) mass is 395 g/mol. The molecule has 2 heterocycles. The zero-order chi connectivity index (χ0) is 21.0. The van der Waals surface area contributed by atoms with Gasteiger partial charge < -0.3 is 15.0 Å². The van der Waals surface area contributed by atoms with Gasteiger partial charge in [-0.3, -0.25) is 4.79 Å². The van der Waals surface area contributed by atoms with E-state index in [1.807, 2.05) is 39.1 Å². The first-order valence-corrected chi connectivity index (χ1v) is 9.91. The molecule has 154 valence electrons. The lowest BCUT2D eigenvalue weighted by molar-refractivity contribution is -0.123. The maximum Gasteiger partial charge on any atom is 0.258 e. The number of anilines is 1. The van der Waals surface area contributed by atoms with Gasteiger partial charge in [-0.25, -0.2) is 9.67 Å². The first-order chi connectivity index (χ1) is 13.9. The zero-order valence-electron chi connectivity index (χ0n) is 17.8. The van der Waals surface area contributed by atoms with Crippen LogP contribution in [0.15, 0.2) is 30.3 Å². The van der Waals surface area contributed by atoms with Crippen molar-refractivity contribution in [1.82, 2.24) is 20.1 Å². The molecule has 1 N–H and O–H groups in total. The maximum absolute atomic E-state index is 12.3. The third kappa shape index (κ3) is 4.67. The van der Waals surface area contributed by atoms with Crippen molar-refractivity contribution in [1.29, 1.82) is 0 Å². The van der Waals surface area contributed by atoms with Gasteiger partial charge >= 0.3 is 0 Å². The molecule has 0 fully saturated rings. The third-order valence-electron chi connectivity index (χ3n) is 4.97. The summed E-state index contributed by atoms with van der Waals surface area (Å²) in [7, 11) is 1.83. The van der Waals surface area contributed by atoms with Crippen LogP contribution in [0.5, 0.6) is 5.88 Å². The number of benzene rings is 1. The molecule has 0 aliphatic carbocycles. The van der Waals surface area contributed by atoms with Crippen LogP contribution < -0.4 is 15.0 Å². The van der Waals surface area contributed by atoms with Gasteiger partial charge in [0.1, 0.15) is 0 Å². The second-order valence-corrected chi connectivity index (χ2v) is 7.21. The second-order valence-electron chi connectivity index (χ2n) is 7.21. The second kappa shape index (κ2) is 8.94. The molecular formula is C22H29N5O2. The van der Waals surface area contributed by atoms with Crippen molar-refractivity contribution in [3.05, 3.63) is 47.2 Å². The minimum atomic E-state index is -0.164. The first-order valence-electron chi connectivity index (χ1n) is 9.91. The Morgan fingerprint density at radius 1 is 1.21 bits per heavy atom. The van der Waals surface area contributed by atoms with Crippen molar-refractivity contribution in [2.24, 2.45) is 7.05 Å². The number of hydrogen-bond acceptors (Lipinski definition) is 5. The molecule has 1 aromatic carbocycles. The molecule has 3 aromatic rings. The predicted octanol–water partition coefficient (Wildman–Crippen LogP) is 2.92. The number of para-hydroxylation sites is 1. The van der Waals surface area contributed by atoms with Crippen LogP contribution in [0.1, 0.15) is 23.7 Å². The molecule has 7 nitrogen and oxygen atoms in total. The summed E-state index contributed by atoms with van der Waals surface area (Å²) < 4.78 is 7.40. The van der Waals surface area contributed by atoms with E-state index in [0.29, 0.717) is 12.4 Å². The number of ether oxygens (including phenoxy) is 1. The lowest BCUT2D eigenvalue weighted by Crippen LogP contribution is -2.37. The summed E-state index contributed by atoms with van der Waals surface area (Å²) in [6, 6.07) is 10.3. The molecule has 29 heavy (non-hydrogen) atoms. The number of aromatic nitrogens is 3. The van der Waals surface area contributed by atoms with Gasteiger partial charge in [0, 0.05) is 38.1 Å². The molecule has 0 aliphatic heterocycles. The quantitative estimate of drug-likeness (QED) is 0.635. The number of aryl methyl sites for hydroxylation is 4. The highest BCUT2D eigenvalue weighted by Gasteiger charge is 2.15. The number of amides is 1. The Labute approximate surface area is 171 Å². The van der Waals surface area contributed by atoms with E-state index in [1.165, 1.54) is 11.3 Å². The van der Waals surface area contributed by atoms with Crippen LogP contribution in [0.3, 0.4) is 0 Å². The standard InChI is InChI=1S/C22H29N5O2/c1-6-27(18-10-8-7-9-15(18)2)12-11-23-19(28)14-29-22-20-16(3)13-17(4)24-21(20)26(5)25-22/h7-10,13H,6,11-12,14H2,1-5H3,(H,23,28). The number of rotatable bonds is 8. The minimum absolute atomic E-state index is 0.0735. The van der Waals surface area contributed by atoms with E-state index >= 15 is 0 Å². The number of hydrogen-bond donors (Lipinski definition) is 1. The summed E-state index contributed by atoms with van der Waals surface area (Å²) in [6.45, 7) is 10.2. The number of nitrogens with zero attached hydrogens (tertiary/aromatic N) is 4. The highest BCUT2D eigenvalue weighted by atomic mass is 16.5. The smallest absolute Gasteiger partial charge is 0.258 e. The Hall–Kier alpha value is -3.09. The van der Waals surface area contributed by atoms with Gasteiger partial charge in [-0.1, -0.05) is 18.2 Å². The fourth-order valence-electron chi connectivity index (χ4n) is 3.53. The van der Waals surface area contributed by atoms with Crippen LogP contribution in [-0.4, -0.2) is 46.9 Å². The minimum Gasteiger partial charge on any atom is -0.466 e. The van der Waals surface area contributed by atoms with Crippen molar-refractivity contribution < 1.29 is 9.53 Å². The number of likely N-dealkylation sites (N-methyl/N-ethyl adjacent to an activating group) is 1. The Kier molecular flexibility index (Phi) is 6.36. The topological polar surface area (TPSA) is 72.3 Å². The molecule has 0 saturated heterocycles. The predicted molar refractivity (Wildman–Crippen MR) is 116 cm³/mol. The SMILES string of the molecule is CCN(CCNC(=O)COc1nn(C)c2nc(C)cc(C)c12)c1ccccc1C. The van der Waals surface area contributed by atoms with E-state index in [2.05, 4.69) is 46.3 Å². The molecule has 0 aliphatic rings. The van der Waals surface area contributed by atoms with Gasteiger partial charge in [-0.05, 0) is 51.0 Å². The van der Waals surface area contributed by atoms with E-state index < -0.39 is 0 Å². The van der Waals surface area contributed by atoms with E-state index in [4.69, 9.17) is 4.74 Å². The molecule has 0 unspecified atom stereocenters. The zero-order valence-corrected chi connectivity index (χ0v) is 17.8. The summed E-state index contributed by atoms with van der Waals surface area (Å²) in [5.41, 5.74) is 5.14. The van der Waals surface area contributed by atoms with Crippen molar-refractivity contribution in [3.63, 3.8) is 0 Å². The normalized spacial score (nSPS) is 10.9. The number of carbonyl (C=O) groups excluding carboxylic acids is 1. The summed E-state index contributed by atoms with van der Waals surface area (Å²) in [5, 5.41) is 8.16. The summed E-state index contributed by atoms with van der Waals surface area (Å²) >= 11 is 0. The number of carbonyl (C=O) groups is 1. The fraction of sp³-hybridized carbons (Fsp3) is 0.409. The van der Waals surface area contributed by atoms with Crippen LogP contribution in [0.2, 0.25) is 0 Å². The Balaban J connectivity index is 1.56. The molecule has 0 saturated carbocycles. The van der Waals surface area contributed by atoms with Crippen molar-refractivity contribution >= 4 is 22.6 Å². The number of fused-ring (bicyclic) bond motifs is 1. The summed E-state index contributed by atoms with van der Waals surface area (Å²) in [6.07, 6.45) is 0. The molecule has 2 aromatic heterocycles. The van der Waals surface area contributed by atoms with Gasteiger partial charge in [0.15, 0.2) is 12.3 Å². The Bertz CT molecular complexity index is 1010. The first kappa shape index (κ1) is 20.6. The fourth-order valence-corrected chi connectivity index (χ4v) is 3.53. The average molecular weight is 396 g/mol. The average Bonchev–Trinajstić information content (AvgIpc) is 3.00. The molecule has 0 bridgehead atoms. The maximum atomic E-state index is 12.3. The number of pyridine rings is 1. The van der Waals surface area contributed by atoms with Crippen LogP contribution in [0.4, 0.5) is 5.69 Å². The van der Waals surface area contributed by atoms with E-state index in [-0.39, 0.29) is 12.5 Å². The van der Waals surface area contributed by atoms with E-state index in [1.54, 1.807) is 4.68 Å². The molecule has 1 amide bonds. The lowest BCUT2D eigenvalue weighted by atomic mass is 10.2. The van der Waals surface area contributed by atoms with Gasteiger partial charge in [-0.15, -0.1) is 5.10 Å². The van der Waals surface area contributed by atoms with Gasteiger partial charge in [-0.2, -0.15) is 0 Å². The van der Waals surface area contributed by atoms with Crippen molar-refractivity contribution in [3.8, 4) is 5.88 Å². The molecule has 3 rings (SSSR count). The van der Waals surface area contributed by atoms with E-state index in [0.717, 1.165) is 35.4 Å². The third-order valence-corrected chi connectivity index (χ3v) is 4.97. The molecular weight excluding hydrogens is 366 g/mol. The number of nitrogens with one attached hydrogen (secondary N) is 1. The van der Waals surface area contributed by atoms with Crippen LogP contribution in [0.25, 0.3) is 11.0 Å². The molecule has 0 spiro atoms. The van der Waals surface area contributed by atoms with Crippen molar-refractivity contribution in [2.45, 2.75) is 27.7 Å².